The zero-order chi connectivity index (χ0) is 25.0. The van der Waals surface area contributed by atoms with Gasteiger partial charge in [0, 0.05) is 17.8 Å². The fourth-order valence-corrected chi connectivity index (χ4v) is 5.41. The molecule has 1 fully saturated rings. The van der Waals surface area contributed by atoms with E-state index in [0.29, 0.717) is 18.4 Å². The Hall–Kier alpha value is -4.14. The molecule has 184 valence electrons. The standard InChI is InChI=1S/C27H23F2N3O4/c28-19-9-8-18-22(17-6-2-1-3-7-17)32-16-30(26(35)23-24(34)20(33)10-14-31(23)32)27(11-4-12-27)13-5-15-36-25(18)21(19)29/h1-3,5-10,13-14,22,34H,4,11-12,15-16H2/b13-5-/t22-/m0/s1. The third kappa shape index (κ3) is 3.22. The van der Waals surface area contributed by atoms with Gasteiger partial charge in [0.25, 0.3) is 5.91 Å². The molecule has 7 nitrogen and oxygen atoms in total. The average Bonchev–Trinajstić information content (AvgIpc) is 2.88. The zero-order valence-electron chi connectivity index (χ0n) is 19.2. The van der Waals surface area contributed by atoms with Gasteiger partial charge in [0.1, 0.15) is 19.3 Å². The van der Waals surface area contributed by atoms with E-state index in [1.807, 2.05) is 36.4 Å². The molecule has 36 heavy (non-hydrogen) atoms. The number of benzene rings is 2. The van der Waals surface area contributed by atoms with Crippen LogP contribution in [0.25, 0.3) is 0 Å². The largest absolute Gasteiger partial charge is 0.502 e. The molecule has 2 aromatic carbocycles. The van der Waals surface area contributed by atoms with Crippen LogP contribution < -0.4 is 15.2 Å². The minimum absolute atomic E-state index is 0.0191. The first-order valence-corrected chi connectivity index (χ1v) is 11.8. The monoisotopic (exact) mass is 491 g/mol. The molecule has 1 spiro atoms. The molecule has 3 aromatic rings. The maximum atomic E-state index is 15.2. The predicted octanol–water partition coefficient (Wildman–Crippen LogP) is 3.84. The molecule has 9 heteroatoms. The summed E-state index contributed by atoms with van der Waals surface area (Å²) in [6.07, 6.45) is 7.26. The second-order valence-corrected chi connectivity index (χ2v) is 9.30. The fraction of sp³-hybridized carbons (Fsp3) is 0.259. The lowest BCUT2D eigenvalue weighted by molar-refractivity contribution is 0.0255. The third-order valence-electron chi connectivity index (χ3n) is 7.36. The Kier molecular flexibility index (Phi) is 5.10. The summed E-state index contributed by atoms with van der Waals surface area (Å²) < 4.78 is 36.7. The highest BCUT2D eigenvalue weighted by Crippen LogP contribution is 2.44. The van der Waals surface area contributed by atoms with Crippen LogP contribution in [0.5, 0.6) is 11.5 Å². The van der Waals surface area contributed by atoms with Crippen molar-refractivity contribution in [2.24, 2.45) is 0 Å². The molecule has 0 unspecified atom stereocenters. The van der Waals surface area contributed by atoms with Gasteiger partial charge in [-0.3, -0.25) is 19.3 Å². The molecule has 1 aromatic heterocycles. The van der Waals surface area contributed by atoms with Gasteiger partial charge in [-0.1, -0.05) is 36.4 Å². The molecule has 2 aliphatic heterocycles. The summed E-state index contributed by atoms with van der Waals surface area (Å²) in [6.45, 7) is 0.0607. The van der Waals surface area contributed by atoms with Gasteiger partial charge in [-0.25, -0.2) is 4.39 Å². The summed E-state index contributed by atoms with van der Waals surface area (Å²) >= 11 is 0. The number of amides is 1. The molecule has 2 bridgehead atoms. The molecule has 3 heterocycles. The number of rotatable bonds is 1. The zero-order valence-corrected chi connectivity index (χ0v) is 19.2. The normalized spacial score (nSPS) is 21.1. The van der Waals surface area contributed by atoms with Gasteiger partial charge in [-0.2, -0.15) is 4.39 Å². The van der Waals surface area contributed by atoms with E-state index in [4.69, 9.17) is 4.74 Å². The number of carbonyl (C=O) groups is 1. The first kappa shape index (κ1) is 22.3. The van der Waals surface area contributed by atoms with Crippen LogP contribution in [-0.2, 0) is 0 Å². The molecule has 1 aliphatic carbocycles. The van der Waals surface area contributed by atoms with Crippen molar-refractivity contribution in [2.75, 3.05) is 18.3 Å². The Labute approximate surface area is 205 Å². The number of aromatic hydroxyl groups is 1. The Balaban J connectivity index is 1.67. The Bertz CT molecular complexity index is 1450. The molecular weight excluding hydrogens is 468 g/mol. The SMILES string of the molecule is O=C1c2c(O)c(=O)ccn2N2CN1C1(/C=C\COc3c(ccc(F)c3F)[C@@H]2c2ccccc2)CCC1. The molecule has 1 saturated carbocycles. The number of hydrogen-bond donors (Lipinski definition) is 1. The second kappa shape index (κ2) is 8.22. The van der Waals surface area contributed by atoms with Crippen LogP contribution in [0.1, 0.15) is 46.9 Å². The quantitative estimate of drug-likeness (QED) is 0.524. The Morgan fingerprint density at radius 1 is 1.03 bits per heavy atom. The Morgan fingerprint density at radius 3 is 2.53 bits per heavy atom. The highest BCUT2D eigenvalue weighted by molar-refractivity contribution is 5.97. The summed E-state index contributed by atoms with van der Waals surface area (Å²) in [5.41, 5.74) is -0.423. The van der Waals surface area contributed by atoms with Crippen molar-refractivity contribution in [1.29, 1.82) is 0 Å². The number of nitrogens with zero attached hydrogens (tertiary/aromatic N) is 3. The summed E-state index contributed by atoms with van der Waals surface area (Å²) in [5, 5.41) is 12.5. The van der Waals surface area contributed by atoms with Crippen LogP contribution in [0.4, 0.5) is 8.78 Å². The first-order valence-electron chi connectivity index (χ1n) is 11.8. The number of carbonyl (C=O) groups excluding carboxylic acids is 1. The topological polar surface area (TPSA) is 75.0 Å². The van der Waals surface area contributed by atoms with Crippen molar-refractivity contribution >= 4 is 5.91 Å². The second-order valence-electron chi connectivity index (χ2n) is 9.30. The lowest BCUT2D eigenvalue weighted by Gasteiger charge is -2.53. The maximum Gasteiger partial charge on any atom is 0.278 e. The van der Waals surface area contributed by atoms with Gasteiger partial charge in [-0.05, 0) is 43.0 Å². The lowest BCUT2D eigenvalue weighted by atomic mass is 9.74. The van der Waals surface area contributed by atoms with E-state index in [2.05, 4.69) is 0 Å². The first-order chi connectivity index (χ1) is 17.4. The summed E-state index contributed by atoms with van der Waals surface area (Å²) in [4.78, 5) is 27.8. The van der Waals surface area contributed by atoms with E-state index >= 15 is 4.39 Å². The molecule has 0 saturated heterocycles. The van der Waals surface area contributed by atoms with Crippen LogP contribution in [-0.4, -0.2) is 39.4 Å². The molecule has 0 radical (unpaired) electrons. The molecule has 1 N–H and O–H groups in total. The number of aromatic nitrogens is 1. The number of pyridine rings is 1. The predicted molar refractivity (Wildman–Crippen MR) is 127 cm³/mol. The van der Waals surface area contributed by atoms with Gasteiger partial charge in [0.05, 0.1) is 5.54 Å². The number of hydrogen-bond acceptors (Lipinski definition) is 5. The van der Waals surface area contributed by atoms with Crippen LogP contribution in [0.2, 0.25) is 0 Å². The van der Waals surface area contributed by atoms with Crippen molar-refractivity contribution in [1.82, 2.24) is 9.58 Å². The van der Waals surface area contributed by atoms with Gasteiger partial charge >= 0.3 is 0 Å². The Morgan fingerprint density at radius 2 is 1.81 bits per heavy atom. The minimum atomic E-state index is -1.10. The van der Waals surface area contributed by atoms with Crippen LogP contribution in [0.15, 0.2) is 71.7 Å². The summed E-state index contributed by atoms with van der Waals surface area (Å²) in [5.74, 6) is -3.49. The highest BCUT2D eigenvalue weighted by Gasteiger charge is 2.49. The van der Waals surface area contributed by atoms with E-state index < -0.39 is 40.3 Å². The molecule has 3 aliphatic rings. The fourth-order valence-electron chi connectivity index (χ4n) is 5.41. The van der Waals surface area contributed by atoms with Crippen LogP contribution >= 0.6 is 0 Å². The summed E-state index contributed by atoms with van der Waals surface area (Å²) in [7, 11) is 0. The summed E-state index contributed by atoms with van der Waals surface area (Å²) in [6, 6.07) is 12.1. The van der Waals surface area contributed by atoms with Gasteiger partial charge < -0.3 is 14.7 Å². The smallest absolute Gasteiger partial charge is 0.278 e. The average molecular weight is 491 g/mol. The molecule has 1 amide bonds. The highest BCUT2D eigenvalue weighted by atomic mass is 19.2. The van der Waals surface area contributed by atoms with Crippen molar-refractivity contribution in [2.45, 2.75) is 30.8 Å². The van der Waals surface area contributed by atoms with Crippen LogP contribution in [0, 0.1) is 11.6 Å². The van der Waals surface area contributed by atoms with Crippen molar-refractivity contribution in [3.63, 3.8) is 0 Å². The number of ether oxygens (including phenoxy) is 1. The molecule has 1 atom stereocenters. The molecule has 6 rings (SSSR count). The van der Waals surface area contributed by atoms with Crippen molar-refractivity contribution < 1.29 is 23.4 Å². The van der Waals surface area contributed by atoms with E-state index in [1.165, 1.54) is 23.0 Å². The van der Waals surface area contributed by atoms with Gasteiger partial charge in [0.15, 0.2) is 23.0 Å². The van der Waals surface area contributed by atoms with Crippen molar-refractivity contribution in [3.05, 3.63) is 106 Å². The van der Waals surface area contributed by atoms with E-state index in [1.54, 1.807) is 16.0 Å². The number of fused-ring (bicyclic) bond motifs is 6. The lowest BCUT2D eigenvalue weighted by Crippen LogP contribution is -2.64. The van der Waals surface area contributed by atoms with E-state index in [9.17, 15) is 19.1 Å². The third-order valence-corrected chi connectivity index (χ3v) is 7.36. The van der Waals surface area contributed by atoms with Crippen LogP contribution in [0.3, 0.4) is 0 Å². The number of halogens is 2. The molecular formula is C27H23F2N3O4. The van der Waals surface area contributed by atoms with Gasteiger partial charge in [0.2, 0.25) is 11.2 Å². The maximum absolute atomic E-state index is 15.2. The van der Waals surface area contributed by atoms with E-state index in [0.717, 1.165) is 18.1 Å². The van der Waals surface area contributed by atoms with Gasteiger partial charge in [-0.15, -0.1) is 0 Å². The van der Waals surface area contributed by atoms with E-state index in [-0.39, 0.29) is 24.7 Å². The van der Waals surface area contributed by atoms with Crippen molar-refractivity contribution in [3.8, 4) is 11.5 Å². The minimum Gasteiger partial charge on any atom is -0.502 e.